The second-order valence-corrected chi connectivity index (χ2v) is 5.91. The predicted molar refractivity (Wildman–Crippen MR) is 78.5 cm³/mol. The Morgan fingerprint density at radius 1 is 1.21 bits per heavy atom. The van der Waals surface area contributed by atoms with Crippen LogP contribution in [0.5, 0.6) is 5.75 Å². The smallest absolute Gasteiger partial charge is 0.119 e. The zero-order valence-electron chi connectivity index (χ0n) is 12.0. The van der Waals surface area contributed by atoms with Gasteiger partial charge in [-0.15, -0.1) is 0 Å². The van der Waals surface area contributed by atoms with Gasteiger partial charge in [0.1, 0.15) is 5.75 Å². The molecule has 0 bridgehead atoms. The van der Waals surface area contributed by atoms with Crippen LogP contribution in [0.2, 0.25) is 0 Å². The normalized spacial score (nSPS) is 26.6. The lowest BCUT2D eigenvalue weighted by Gasteiger charge is -2.45. The van der Waals surface area contributed by atoms with Gasteiger partial charge in [0.05, 0.1) is 7.11 Å². The van der Waals surface area contributed by atoms with Crippen molar-refractivity contribution in [2.75, 3.05) is 20.7 Å². The SMILES string of the molecule is COc1cccc(C23CCCCC2=CN(C)CC3)c1. The first-order chi connectivity index (χ1) is 9.24. The predicted octanol–water partition coefficient (Wildman–Crippen LogP) is 3.73. The van der Waals surface area contributed by atoms with E-state index in [-0.39, 0.29) is 5.41 Å². The number of nitrogens with zero attached hydrogens (tertiary/aromatic N) is 1. The highest BCUT2D eigenvalue weighted by atomic mass is 16.5. The minimum atomic E-state index is 0.277. The van der Waals surface area contributed by atoms with Crippen molar-refractivity contribution in [1.82, 2.24) is 4.90 Å². The molecule has 1 atom stereocenters. The number of fused-ring (bicyclic) bond motifs is 1. The number of rotatable bonds is 2. The van der Waals surface area contributed by atoms with E-state index in [1.807, 2.05) is 6.07 Å². The molecule has 0 radical (unpaired) electrons. The van der Waals surface area contributed by atoms with Crippen LogP contribution in [0, 0.1) is 0 Å². The summed E-state index contributed by atoms with van der Waals surface area (Å²) in [6.07, 6.45) is 8.86. The maximum Gasteiger partial charge on any atom is 0.119 e. The molecule has 1 fully saturated rings. The van der Waals surface area contributed by atoms with Crippen LogP contribution >= 0.6 is 0 Å². The molecular formula is C17H23NO. The summed E-state index contributed by atoms with van der Waals surface area (Å²) < 4.78 is 5.41. The molecule has 2 nitrogen and oxygen atoms in total. The van der Waals surface area contributed by atoms with Crippen molar-refractivity contribution in [3.63, 3.8) is 0 Å². The summed E-state index contributed by atoms with van der Waals surface area (Å²) in [6, 6.07) is 8.70. The standard InChI is InChI=1S/C17H23NO/c1-18-11-10-17(9-4-3-6-15(17)13-18)14-7-5-8-16(12-14)19-2/h5,7-8,12-13H,3-4,6,9-11H2,1-2H3. The van der Waals surface area contributed by atoms with Gasteiger partial charge >= 0.3 is 0 Å². The highest BCUT2D eigenvalue weighted by molar-refractivity contribution is 5.42. The van der Waals surface area contributed by atoms with Gasteiger partial charge in [-0.05, 0) is 55.2 Å². The van der Waals surface area contributed by atoms with E-state index in [4.69, 9.17) is 4.74 Å². The molecule has 2 aliphatic rings. The number of allylic oxidation sites excluding steroid dienone is 1. The molecule has 1 aromatic rings. The summed E-state index contributed by atoms with van der Waals surface area (Å²) in [5.74, 6) is 0.982. The minimum Gasteiger partial charge on any atom is -0.497 e. The van der Waals surface area contributed by atoms with Crippen LogP contribution in [0.1, 0.15) is 37.7 Å². The largest absolute Gasteiger partial charge is 0.497 e. The van der Waals surface area contributed by atoms with Crippen molar-refractivity contribution in [1.29, 1.82) is 0 Å². The third kappa shape index (κ3) is 2.13. The Morgan fingerprint density at radius 2 is 2.11 bits per heavy atom. The molecule has 19 heavy (non-hydrogen) atoms. The fraction of sp³-hybridized carbons (Fsp3) is 0.529. The molecule has 0 amide bonds. The minimum absolute atomic E-state index is 0.277. The molecule has 3 rings (SSSR count). The van der Waals surface area contributed by atoms with E-state index in [9.17, 15) is 0 Å². The average molecular weight is 257 g/mol. The van der Waals surface area contributed by atoms with E-state index in [2.05, 4.69) is 36.3 Å². The van der Waals surface area contributed by atoms with Crippen LogP contribution < -0.4 is 4.74 Å². The van der Waals surface area contributed by atoms with E-state index in [1.54, 1.807) is 12.7 Å². The van der Waals surface area contributed by atoms with Gasteiger partial charge in [-0.2, -0.15) is 0 Å². The Hall–Kier alpha value is -1.44. The monoisotopic (exact) mass is 257 g/mol. The molecule has 1 heterocycles. The van der Waals surface area contributed by atoms with Crippen molar-refractivity contribution in [3.05, 3.63) is 41.6 Å². The number of benzene rings is 1. The lowest BCUT2D eigenvalue weighted by Crippen LogP contribution is -2.39. The van der Waals surface area contributed by atoms with Crippen molar-refractivity contribution in [2.24, 2.45) is 0 Å². The molecule has 0 aromatic heterocycles. The van der Waals surface area contributed by atoms with Crippen molar-refractivity contribution in [2.45, 2.75) is 37.5 Å². The molecule has 1 unspecified atom stereocenters. The molecule has 0 spiro atoms. The summed E-state index contributed by atoms with van der Waals surface area (Å²) in [7, 11) is 3.94. The summed E-state index contributed by atoms with van der Waals surface area (Å²) in [5, 5.41) is 0. The van der Waals surface area contributed by atoms with Crippen LogP contribution in [0.3, 0.4) is 0 Å². The summed E-state index contributed by atoms with van der Waals surface area (Å²) in [5.41, 5.74) is 3.35. The van der Waals surface area contributed by atoms with Gasteiger partial charge in [0.2, 0.25) is 0 Å². The van der Waals surface area contributed by atoms with Gasteiger partial charge in [0, 0.05) is 19.0 Å². The Morgan fingerprint density at radius 3 is 2.95 bits per heavy atom. The van der Waals surface area contributed by atoms with Crippen LogP contribution in [-0.2, 0) is 5.41 Å². The number of hydrogen-bond donors (Lipinski definition) is 0. The van der Waals surface area contributed by atoms with Crippen LogP contribution in [0.25, 0.3) is 0 Å². The summed E-state index contributed by atoms with van der Waals surface area (Å²) in [6.45, 7) is 1.15. The Bertz CT molecular complexity index is 494. The third-order valence-corrected chi connectivity index (χ3v) is 4.80. The highest BCUT2D eigenvalue weighted by Gasteiger charge is 2.40. The van der Waals surface area contributed by atoms with E-state index in [1.165, 1.54) is 37.7 Å². The first-order valence-corrected chi connectivity index (χ1v) is 7.30. The van der Waals surface area contributed by atoms with Gasteiger partial charge in [0.15, 0.2) is 0 Å². The molecule has 1 aliphatic carbocycles. The molecule has 0 N–H and O–H groups in total. The fourth-order valence-corrected chi connectivity index (χ4v) is 3.71. The van der Waals surface area contributed by atoms with Gasteiger partial charge in [-0.1, -0.05) is 18.6 Å². The zero-order chi connectivity index (χ0) is 13.3. The van der Waals surface area contributed by atoms with Crippen molar-refractivity contribution in [3.8, 4) is 5.75 Å². The Balaban J connectivity index is 2.05. The van der Waals surface area contributed by atoms with Gasteiger partial charge in [-0.25, -0.2) is 0 Å². The van der Waals surface area contributed by atoms with E-state index in [0.29, 0.717) is 0 Å². The van der Waals surface area contributed by atoms with Crippen LogP contribution in [0.4, 0.5) is 0 Å². The highest BCUT2D eigenvalue weighted by Crippen LogP contribution is 2.48. The first-order valence-electron chi connectivity index (χ1n) is 7.30. The lowest BCUT2D eigenvalue weighted by molar-refractivity contribution is 0.274. The van der Waals surface area contributed by atoms with E-state index < -0.39 is 0 Å². The van der Waals surface area contributed by atoms with Gasteiger partial charge in [-0.3, -0.25) is 0 Å². The van der Waals surface area contributed by atoms with E-state index >= 15 is 0 Å². The number of hydrogen-bond acceptors (Lipinski definition) is 2. The van der Waals surface area contributed by atoms with Crippen LogP contribution in [-0.4, -0.2) is 25.6 Å². The second-order valence-electron chi connectivity index (χ2n) is 5.91. The molecule has 2 heteroatoms. The third-order valence-electron chi connectivity index (χ3n) is 4.80. The molecule has 1 aliphatic heterocycles. The van der Waals surface area contributed by atoms with E-state index in [0.717, 1.165) is 12.3 Å². The molecule has 0 saturated heterocycles. The second kappa shape index (κ2) is 4.92. The summed E-state index contributed by atoms with van der Waals surface area (Å²) >= 11 is 0. The quantitative estimate of drug-likeness (QED) is 0.800. The molecular weight excluding hydrogens is 234 g/mol. The molecule has 1 saturated carbocycles. The number of ether oxygens (including phenoxy) is 1. The zero-order valence-corrected chi connectivity index (χ0v) is 12.0. The fourth-order valence-electron chi connectivity index (χ4n) is 3.71. The van der Waals surface area contributed by atoms with Crippen molar-refractivity contribution < 1.29 is 4.74 Å². The molecule has 102 valence electrons. The summed E-state index contributed by atoms with van der Waals surface area (Å²) in [4.78, 5) is 2.35. The Labute approximate surface area is 116 Å². The van der Waals surface area contributed by atoms with Gasteiger partial charge in [0.25, 0.3) is 0 Å². The Kier molecular flexibility index (Phi) is 3.26. The van der Waals surface area contributed by atoms with Crippen molar-refractivity contribution >= 4 is 0 Å². The average Bonchev–Trinajstić information content (AvgIpc) is 2.47. The van der Waals surface area contributed by atoms with Gasteiger partial charge < -0.3 is 9.64 Å². The lowest BCUT2D eigenvalue weighted by atomic mass is 9.63. The van der Waals surface area contributed by atoms with Crippen LogP contribution in [0.15, 0.2) is 36.0 Å². The molecule has 1 aromatic carbocycles. The first kappa shape index (κ1) is 12.6. The topological polar surface area (TPSA) is 12.5 Å². The maximum absolute atomic E-state index is 5.41. The number of methoxy groups -OCH3 is 1. The maximum atomic E-state index is 5.41.